The van der Waals surface area contributed by atoms with Crippen molar-refractivity contribution in [2.24, 2.45) is 0 Å². The SMILES string of the molecule is CCNCCCCS(=O)(=O)Nc1cc(F)c(F)cc1F. The van der Waals surface area contributed by atoms with Crippen LogP contribution < -0.4 is 10.0 Å². The first-order chi connectivity index (χ1) is 9.35. The predicted molar refractivity (Wildman–Crippen MR) is 71.5 cm³/mol. The highest BCUT2D eigenvalue weighted by Crippen LogP contribution is 2.19. The zero-order valence-corrected chi connectivity index (χ0v) is 11.9. The Morgan fingerprint density at radius 2 is 1.70 bits per heavy atom. The third kappa shape index (κ3) is 5.38. The molecule has 114 valence electrons. The Bertz CT molecular complexity index is 550. The van der Waals surface area contributed by atoms with E-state index in [2.05, 4.69) is 5.32 Å². The Morgan fingerprint density at radius 1 is 1.05 bits per heavy atom. The standard InChI is InChI=1S/C12H17F3N2O2S/c1-2-16-5-3-4-6-20(18,19)17-12-8-10(14)9(13)7-11(12)15/h7-8,16-17H,2-6H2,1H3. The van der Waals surface area contributed by atoms with Gasteiger partial charge in [-0.15, -0.1) is 0 Å². The molecule has 2 N–H and O–H groups in total. The maximum absolute atomic E-state index is 13.3. The maximum Gasteiger partial charge on any atom is 0.232 e. The molecule has 0 aliphatic rings. The van der Waals surface area contributed by atoms with Gasteiger partial charge in [-0.3, -0.25) is 4.72 Å². The van der Waals surface area contributed by atoms with E-state index in [9.17, 15) is 21.6 Å². The summed E-state index contributed by atoms with van der Waals surface area (Å²) in [5, 5.41) is 3.04. The molecule has 0 atom stereocenters. The van der Waals surface area contributed by atoms with Crippen LogP contribution in [0.25, 0.3) is 0 Å². The Morgan fingerprint density at radius 3 is 2.35 bits per heavy atom. The van der Waals surface area contributed by atoms with Gasteiger partial charge in [0.2, 0.25) is 10.0 Å². The van der Waals surface area contributed by atoms with Gasteiger partial charge in [-0.05, 0) is 25.9 Å². The Hall–Kier alpha value is -1.28. The summed E-state index contributed by atoms with van der Waals surface area (Å²) >= 11 is 0. The summed E-state index contributed by atoms with van der Waals surface area (Å²) in [4.78, 5) is 0. The largest absolute Gasteiger partial charge is 0.317 e. The summed E-state index contributed by atoms with van der Waals surface area (Å²) in [6.45, 7) is 3.42. The lowest BCUT2D eigenvalue weighted by Gasteiger charge is -2.09. The third-order valence-corrected chi connectivity index (χ3v) is 3.90. The van der Waals surface area contributed by atoms with Gasteiger partial charge in [-0.1, -0.05) is 6.92 Å². The monoisotopic (exact) mass is 310 g/mol. The Labute approximate surface area is 116 Å². The third-order valence-electron chi connectivity index (χ3n) is 2.54. The molecule has 0 aliphatic heterocycles. The molecule has 4 nitrogen and oxygen atoms in total. The van der Waals surface area contributed by atoms with Gasteiger partial charge in [-0.25, -0.2) is 21.6 Å². The number of hydrogen-bond donors (Lipinski definition) is 2. The summed E-state index contributed by atoms with van der Waals surface area (Å²) in [5.74, 6) is -4.04. The van der Waals surface area contributed by atoms with Crippen molar-refractivity contribution >= 4 is 15.7 Å². The van der Waals surface area contributed by atoms with Crippen LogP contribution in [0.3, 0.4) is 0 Å². The Kier molecular flexibility index (Phi) is 6.28. The highest BCUT2D eigenvalue weighted by atomic mass is 32.2. The van der Waals surface area contributed by atoms with Gasteiger partial charge < -0.3 is 5.32 Å². The van der Waals surface area contributed by atoms with E-state index in [1.54, 1.807) is 0 Å². The minimum atomic E-state index is -3.78. The summed E-state index contributed by atoms with van der Waals surface area (Å²) in [6, 6.07) is 0.791. The van der Waals surface area contributed by atoms with Crippen molar-refractivity contribution in [1.82, 2.24) is 5.32 Å². The zero-order chi connectivity index (χ0) is 15.2. The lowest BCUT2D eigenvalue weighted by molar-refractivity contribution is 0.496. The van der Waals surface area contributed by atoms with Crippen molar-refractivity contribution in [3.8, 4) is 0 Å². The molecule has 0 aliphatic carbocycles. The van der Waals surface area contributed by atoms with Crippen LogP contribution in [-0.4, -0.2) is 27.3 Å². The second-order valence-electron chi connectivity index (χ2n) is 4.23. The van der Waals surface area contributed by atoms with Crippen LogP contribution in [-0.2, 0) is 10.0 Å². The number of benzene rings is 1. The molecule has 1 aromatic carbocycles. The van der Waals surface area contributed by atoms with Crippen molar-refractivity contribution in [3.63, 3.8) is 0 Å². The summed E-state index contributed by atoms with van der Waals surface area (Å²) in [7, 11) is -3.78. The van der Waals surface area contributed by atoms with Gasteiger partial charge in [0.25, 0.3) is 0 Å². The average Bonchev–Trinajstić information content (AvgIpc) is 2.35. The minimum Gasteiger partial charge on any atom is -0.317 e. The number of nitrogens with one attached hydrogen (secondary N) is 2. The van der Waals surface area contributed by atoms with E-state index < -0.39 is 33.2 Å². The molecule has 20 heavy (non-hydrogen) atoms. The van der Waals surface area contributed by atoms with Crippen LogP contribution in [0.15, 0.2) is 12.1 Å². The fraction of sp³-hybridized carbons (Fsp3) is 0.500. The molecule has 0 amide bonds. The molecule has 0 heterocycles. The molecule has 0 unspecified atom stereocenters. The minimum absolute atomic E-state index is 0.211. The smallest absolute Gasteiger partial charge is 0.232 e. The molecule has 0 fully saturated rings. The number of sulfonamides is 1. The van der Waals surface area contributed by atoms with Crippen molar-refractivity contribution in [3.05, 3.63) is 29.6 Å². The highest BCUT2D eigenvalue weighted by Gasteiger charge is 2.15. The normalized spacial score (nSPS) is 11.6. The van der Waals surface area contributed by atoms with Crippen molar-refractivity contribution in [2.75, 3.05) is 23.6 Å². The second-order valence-corrected chi connectivity index (χ2v) is 6.07. The Balaban J connectivity index is 2.60. The first kappa shape index (κ1) is 16.8. The molecule has 1 rings (SSSR count). The highest BCUT2D eigenvalue weighted by molar-refractivity contribution is 7.92. The first-order valence-corrected chi connectivity index (χ1v) is 7.86. The quantitative estimate of drug-likeness (QED) is 0.572. The van der Waals surface area contributed by atoms with E-state index >= 15 is 0 Å². The van der Waals surface area contributed by atoms with Crippen LogP contribution in [0, 0.1) is 17.5 Å². The molecular weight excluding hydrogens is 293 g/mol. The van der Waals surface area contributed by atoms with Gasteiger partial charge in [0.15, 0.2) is 11.6 Å². The van der Waals surface area contributed by atoms with Crippen LogP contribution in [0.2, 0.25) is 0 Å². The predicted octanol–water partition coefficient (Wildman–Crippen LogP) is 2.24. The van der Waals surface area contributed by atoms with Gasteiger partial charge in [0.1, 0.15) is 5.82 Å². The fourth-order valence-corrected chi connectivity index (χ4v) is 2.72. The number of hydrogen-bond acceptors (Lipinski definition) is 3. The lowest BCUT2D eigenvalue weighted by Crippen LogP contribution is -2.20. The lowest BCUT2D eigenvalue weighted by atomic mass is 10.3. The summed E-state index contributed by atoms with van der Waals surface area (Å²) in [6.07, 6.45) is 1.03. The number of halogens is 3. The number of rotatable bonds is 8. The summed E-state index contributed by atoms with van der Waals surface area (Å²) < 4.78 is 64.2. The second kappa shape index (κ2) is 7.49. The average molecular weight is 310 g/mol. The van der Waals surface area contributed by atoms with E-state index in [4.69, 9.17) is 0 Å². The molecule has 8 heteroatoms. The van der Waals surface area contributed by atoms with E-state index in [-0.39, 0.29) is 5.75 Å². The van der Waals surface area contributed by atoms with Gasteiger partial charge in [0, 0.05) is 12.1 Å². The van der Waals surface area contributed by atoms with E-state index in [1.165, 1.54) is 0 Å². The van der Waals surface area contributed by atoms with Gasteiger partial charge >= 0.3 is 0 Å². The van der Waals surface area contributed by atoms with Crippen molar-refractivity contribution in [2.45, 2.75) is 19.8 Å². The molecule has 0 saturated carbocycles. The van der Waals surface area contributed by atoms with Gasteiger partial charge in [0.05, 0.1) is 11.4 Å². The molecule has 0 saturated heterocycles. The van der Waals surface area contributed by atoms with E-state index in [1.807, 2.05) is 11.6 Å². The van der Waals surface area contributed by atoms with Crippen LogP contribution in [0.5, 0.6) is 0 Å². The van der Waals surface area contributed by atoms with Crippen LogP contribution >= 0.6 is 0 Å². The van der Waals surface area contributed by atoms with Crippen molar-refractivity contribution < 1.29 is 21.6 Å². The molecule has 0 spiro atoms. The van der Waals surface area contributed by atoms with E-state index in [0.717, 1.165) is 6.54 Å². The number of anilines is 1. The maximum atomic E-state index is 13.3. The van der Waals surface area contributed by atoms with Crippen LogP contribution in [0.4, 0.5) is 18.9 Å². The van der Waals surface area contributed by atoms with E-state index in [0.29, 0.717) is 31.5 Å². The number of unbranched alkanes of at least 4 members (excludes halogenated alkanes) is 1. The topological polar surface area (TPSA) is 58.2 Å². The van der Waals surface area contributed by atoms with Gasteiger partial charge in [-0.2, -0.15) is 0 Å². The summed E-state index contributed by atoms with van der Waals surface area (Å²) in [5.41, 5.74) is -0.587. The fourth-order valence-electron chi connectivity index (χ4n) is 1.54. The molecule has 0 aromatic heterocycles. The first-order valence-electron chi connectivity index (χ1n) is 6.21. The zero-order valence-electron chi connectivity index (χ0n) is 11.0. The molecule has 0 radical (unpaired) electrons. The molecule has 1 aromatic rings. The van der Waals surface area contributed by atoms with Crippen molar-refractivity contribution in [1.29, 1.82) is 0 Å². The molecule has 0 bridgehead atoms. The van der Waals surface area contributed by atoms with Crippen LogP contribution in [0.1, 0.15) is 19.8 Å². The molecular formula is C12H17F3N2O2S.